The van der Waals surface area contributed by atoms with Crippen LogP contribution in [0.15, 0.2) is 18.2 Å². The lowest BCUT2D eigenvalue weighted by Crippen LogP contribution is -2.46. The maximum atomic E-state index is 12.1. The molecule has 3 rings (SSSR count). The Labute approximate surface area is 134 Å². The van der Waals surface area contributed by atoms with Gasteiger partial charge in [-0.2, -0.15) is 0 Å². The number of benzene rings is 1. The Kier molecular flexibility index (Phi) is 4.38. The molecule has 0 radical (unpaired) electrons. The molecule has 0 bridgehead atoms. The van der Waals surface area contributed by atoms with Gasteiger partial charge in [0.15, 0.2) is 11.5 Å². The van der Waals surface area contributed by atoms with Gasteiger partial charge in [-0.1, -0.05) is 6.07 Å². The van der Waals surface area contributed by atoms with Crippen LogP contribution in [0.1, 0.15) is 25.3 Å². The molecule has 1 saturated carbocycles. The lowest BCUT2D eigenvalue weighted by atomic mass is 10.2. The summed E-state index contributed by atoms with van der Waals surface area (Å²) in [5, 5.41) is 12.0. The molecule has 1 aromatic carbocycles. The van der Waals surface area contributed by atoms with Gasteiger partial charge in [-0.3, -0.25) is 14.5 Å². The van der Waals surface area contributed by atoms with E-state index in [0.29, 0.717) is 18.0 Å². The van der Waals surface area contributed by atoms with Crippen LogP contribution in [0.25, 0.3) is 0 Å². The number of carbonyl (C=O) groups excluding carboxylic acids is 1. The third kappa shape index (κ3) is 3.73. The maximum Gasteiger partial charge on any atom is 0.320 e. The lowest BCUT2D eigenvalue weighted by molar-refractivity contribution is -0.143. The molecular weight excluding hydrogens is 300 g/mol. The SMILES string of the molecule is CC(C(=O)O)N(CC(=O)NCc1ccc2c(c1)OCO2)C1CC1. The standard InChI is InChI=1S/C16H20N2O5/c1-10(16(20)21)18(12-3-4-12)8-15(19)17-7-11-2-5-13-14(6-11)23-9-22-13/h2,5-6,10,12H,3-4,7-9H2,1H3,(H,17,19)(H,20,21). The molecule has 1 heterocycles. The van der Waals surface area contributed by atoms with E-state index in [-0.39, 0.29) is 25.3 Å². The van der Waals surface area contributed by atoms with Crippen molar-refractivity contribution in [1.29, 1.82) is 0 Å². The fraction of sp³-hybridized carbons (Fsp3) is 0.500. The Balaban J connectivity index is 1.53. The average Bonchev–Trinajstić information content (AvgIpc) is 3.26. The Morgan fingerprint density at radius 3 is 2.78 bits per heavy atom. The molecule has 0 saturated heterocycles. The van der Waals surface area contributed by atoms with Crippen LogP contribution in [0.5, 0.6) is 11.5 Å². The molecule has 1 unspecified atom stereocenters. The van der Waals surface area contributed by atoms with Crippen LogP contribution >= 0.6 is 0 Å². The highest BCUT2D eigenvalue weighted by atomic mass is 16.7. The van der Waals surface area contributed by atoms with Gasteiger partial charge in [-0.15, -0.1) is 0 Å². The molecule has 7 nitrogen and oxygen atoms in total. The third-order valence-corrected chi connectivity index (χ3v) is 4.12. The fourth-order valence-electron chi connectivity index (χ4n) is 2.60. The van der Waals surface area contributed by atoms with E-state index in [1.807, 2.05) is 18.2 Å². The summed E-state index contributed by atoms with van der Waals surface area (Å²) in [6, 6.07) is 5.07. The molecule has 0 aromatic heterocycles. The quantitative estimate of drug-likeness (QED) is 0.778. The van der Waals surface area contributed by atoms with E-state index < -0.39 is 12.0 Å². The van der Waals surface area contributed by atoms with Gasteiger partial charge in [-0.25, -0.2) is 0 Å². The third-order valence-electron chi connectivity index (χ3n) is 4.12. The number of rotatable bonds is 7. The van der Waals surface area contributed by atoms with Gasteiger partial charge in [0, 0.05) is 12.6 Å². The Morgan fingerprint density at radius 1 is 1.35 bits per heavy atom. The monoisotopic (exact) mass is 320 g/mol. The molecule has 1 atom stereocenters. The van der Waals surface area contributed by atoms with Gasteiger partial charge in [-0.05, 0) is 37.5 Å². The summed E-state index contributed by atoms with van der Waals surface area (Å²) in [6.45, 7) is 2.30. The Morgan fingerprint density at radius 2 is 2.09 bits per heavy atom. The summed E-state index contributed by atoms with van der Waals surface area (Å²) >= 11 is 0. The van der Waals surface area contributed by atoms with E-state index >= 15 is 0 Å². The second-order valence-corrected chi connectivity index (χ2v) is 5.88. The first-order chi connectivity index (χ1) is 11.0. The van der Waals surface area contributed by atoms with Crippen molar-refractivity contribution in [1.82, 2.24) is 10.2 Å². The van der Waals surface area contributed by atoms with Crippen molar-refractivity contribution in [3.8, 4) is 11.5 Å². The van der Waals surface area contributed by atoms with Crippen molar-refractivity contribution in [3.63, 3.8) is 0 Å². The van der Waals surface area contributed by atoms with Crippen molar-refractivity contribution in [2.75, 3.05) is 13.3 Å². The number of carboxylic acids is 1. The summed E-state index contributed by atoms with van der Waals surface area (Å²) in [5.41, 5.74) is 0.909. The summed E-state index contributed by atoms with van der Waals surface area (Å²) in [4.78, 5) is 25.0. The lowest BCUT2D eigenvalue weighted by Gasteiger charge is -2.25. The van der Waals surface area contributed by atoms with E-state index in [1.54, 1.807) is 11.8 Å². The number of amides is 1. The minimum Gasteiger partial charge on any atom is -0.480 e. The van der Waals surface area contributed by atoms with Crippen molar-refractivity contribution in [2.24, 2.45) is 0 Å². The number of carbonyl (C=O) groups is 2. The van der Waals surface area contributed by atoms with Gasteiger partial charge in [0.05, 0.1) is 6.54 Å². The number of hydrogen-bond donors (Lipinski definition) is 2. The Hall–Kier alpha value is -2.28. The molecule has 0 spiro atoms. The highest BCUT2D eigenvalue weighted by Crippen LogP contribution is 2.32. The number of aliphatic carboxylic acids is 1. The van der Waals surface area contributed by atoms with Crippen LogP contribution in [-0.4, -0.2) is 47.3 Å². The molecule has 23 heavy (non-hydrogen) atoms. The number of ether oxygens (including phenoxy) is 2. The highest BCUT2D eigenvalue weighted by Gasteiger charge is 2.36. The summed E-state index contributed by atoms with van der Waals surface area (Å²) in [5.74, 6) is 0.300. The van der Waals surface area contributed by atoms with Gasteiger partial charge in [0.1, 0.15) is 6.04 Å². The van der Waals surface area contributed by atoms with Crippen LogP contribution in [0.3, 0.4) is 0 Å². The van der Waals surface area contributed by atoms with E-state index in [4.69, 9.17) is 14.6 Å². The first-order valence-electron chi connectivity index (χ1n) is 7.68. The van der Waals surface area contributed by atoms with E-state index in [2.05, 4.69) is 5.32 Å². The highest BCUT2D eigenvalue weighted by molar-refractivity contribution is 5.80. The molecule has 2 N–H and O–H groups in total. The second-order valence-electron chi connectivity index (χ2n) is 5.88. The Bertz CT molecular complexity index is 614. The smallest absolute Gasteiger partial charge is 0.320 e. The fourth-order valence-corrected chi connectivity index (χ4v) is 2.60. The van der Waals surface area contributed by atoms with Crippen molar-refractivity contribution >= 4 is 11.9 Å². The first kappa shape index (κ1) is 15.6. The summed E-state index contributed by atoms with van der Waals surface area (Å²) in [7, 11) is 0. The zero-order valence-electron chi connectivity index (χ0n) is 12.9. The summed E-state index contributed by atoms with van der Waals surface area (Å²) in [6.07, 6.45) is 1.90. The first-order valence-corrected chi connectivity index (χ1v) is 7.68. The van der Waals surface area contributed by atoms with Crippen LogP contribution < -0.4 is 14.8 Å². The minimum atomic E-state index is -0.902. The van der Waals surface area contributed by atoms with Crippen LogP contribution in [0.2, 0.25) is 0 Å². The van der Waals surface area contributed by atoms with Gasteiger partial charge >= 0.3 is 5.97 Å². The molecule has 7 heteroatoms. The van der Waals surface area contributed by atoms with Crippen LogP contribution in [0.4, 0.5) is 0 Å². The van der Waals surface area contributed by atoms with Crippen molar-refractivity contribution < 1.29 is 24.2 Å². The zero-order chi connectivity index (χ0) is 16.4. The normalized spacial score (nSPS) is 17.1. The van der Waals surface area contributed by atoms with E-state index in [9.17, 15) is 9.59 Å². The van der Waals surface area contributed by atoms with E-state index in [1.165, 1.54) is 0 Å². The van der Waals surface area contributed by atoms with E-state index in [0.717, 1.165) is 18.4 Å². The van der Waals surface area contributed by atoms with Gasteiger partial charge in [0.2, 0.25) is 12.7 Å². The molecule has 1 aliphatic heterocycles. The maximum absolute atomic E-state index is 12.1. The molecule has 2 aliphatic rings. The van der Waals surface area contributed by atoms with Gasteiger partial charge in [0.25, 0.3) is 0 Å². The zero-order valence-corrected chi connectivity index (χ0v) is 12.9. The molecule has 1 fully saturated rings. The van der Waals surface area contributed by atoms with Crippen molar-refractivity contribution in [3.05, 3.63) is 23.8 Å². The largest absolute Gasteiger partial charge is 0.480 e. The molecule has 1 amide bonds. The van der Waals surface area contributed by atoms with Crippen LogP contribution in [0, 0.1) is 0 Å². The predicted molar refractivity (Wildman–Crippen MR) is 81.2 cm³/mol. The van der Waals surface area contributed by atoms with Crippen molar-refractivity contribution in [2.45, 2.75) is 38.4 Å². The molecular formula is C16H20N2O5. The number of carboxylic acid groups (broad SMARTS) is 1. The number of fused-ring (bicyclic) bond motifs is 1. The minimum absolute atomic E-state index is 0.0999. The molecule has 124 valence electrons. The topological polar surface area (TPSA) is 88.1 Å². The number of nitrogens with one attached hydrogen (secondary N) is 1. The molecule has 1 aliphatic carbocycles. The number of hydrogen-bond acceptors (Lipinski definition) is 5. The summed E-state index contributed by atoms with van der Waals surface area (Å²) < 4.78 is 10.5. The predicted octanol–water partition coefficient (Wildman–Crippen LogP) is 0.969. The van der Waals surface area contributed by atoms with Crippen LogP contribution in [-0.2, 0) is 16.1 Å². The number of nitrogens with zero attached hydrogens (tertiary/aromatic N) is 1. The van der Waals surface area contributed by atoms with Gasteiger partial charge < -0.3 is 19.9 Å². The molecule has 1 aromatic rings. The second kappa shape index (κ2) is 6.45. The average molecular weight is 320 g/mol.